The molecular formula is C13H18N2O5S. The van der Waals surface area contributed by atoms with Gasteiger partial charge in [0.25, 0.3) is 0 Å². The molecule has 7 nitrogen and oxygen atoms in total. The molecule has 0 amide bonds. The highest BCUT2D eigenvalue weighted by molar-refractivity contribution is 7.89. The van der Waals surface area contributed by atoms with E-state index in [0.717, 1.165) is 25.3 Å². The van der Waals surface area contributed by atoms with Gasteiger partial charge in [-0.3, -0.25) is 0 Å². The summed E-state index contributed by atoms with van der Waals surface area (Å²) in [6, 6.07) is 3.43. The van der Waals surface area contributed by atoms with E-state index in [1.54, 1.807) is 0 Å². The van der Waals surface area contributed by atoms with Gasteiger partial charge in [0.1, 0.15) is 4.90 Å². The van der Waals surface area contributed by atoms with Gasteiger partial charge in [-0.25, -0.2) is 13.2 Å². The zero-order valence-electron chi connectivity index (χ0n) is 11.4. The highest BCUT2D eigenvalue weighted by Gasteiger charge is 2.35. The average molecular weight is 314 g/mol. The third kappa shape index (κ3) is 3.02. The summed E-state index contributed by atoms with van der Waals surface area (Å²) < 4.78 is 26.5. The summed E-state index contributed by atoms with van der Waals surface area (Å²) in [6.45, 7) is -0.268. The van der Waals surface area contributed by atoms with E-state index in [9.17, 15) is 13.2 Å². The van der Waals surface area contributed by atoms with Gasteiger partial charge in [-0.05, 0) is 31.0 Å². The zero-order valence-corrected chi connectivity index (χ0v) is 12.2. The second-order valence-corrected chi connectivity index (χ2v) is 6.84. The summed E-state index contributed by atoms with van der Waals surface area (Å²) in [5.74, 6) is -1.17. The number of nitrogen functional groups attached to an aromatic ring is 1. The van der Waals surface area contributed by atoms with Gasteiger partial charge in [-0.1, -0.05) is 6.42 Å². The van der Waals surface area contributed by atoms with E-state index in [0.29, 0.717) is 0 Å². The average Bonchev–Trinajstić information content (AvgIpc) is 2.35. The Morgan fingerprint density at radius 3 is 2.48 bits per heavy atom. The van der Waals surface area contributed by atoms with Crippen LogP contribution in [0.4, 0.5) is 5.69 Å². The standard InChI is InChI=1S/C13H18N2O5S/c14-11-8-9(13(17)18)4-5-12(11)21(19,20)15(6-7-16)10-2-1-3-10/h4-5,8,10,16H,1-3,6-7,14H2,(H,17,18). The summed E-state index contributed by atoms with van der Waals surface area (Å²) in [5, 5.41) is 18.0. The first-order valence-corrected chi connectivity index (χ1v) is 8.07. The first kappa shape index (κ1) is 15.7. The maximum atomic E-state index is 12.6. The lowest BCUT2D eigenvalue weighted by atomic mass is 9.93. The predicted octanol–water partition coefficient (Wildman–Crippen LogP) is 0.502. The topological polar surface area (TPSA) is 121 Å². The summed E-state index contributed by atoms with van der Waals surface area (Å²) in [7, 11) is -3.84. The van der Waals surface area contributed by atoms with Crippen molar-refractivity contribution in [2.45, 2.75) is 30.2 Å². The third-order valence-corrected chi connectivity index (χ3v) is 5.67. The minimum atomic E-state index is -3.84. The second-order valence-electron chi connectivity index (χ2n) is 4.98. The first-order chi connectivity index (χ1) is 9.87. The first-order valence-electron chi connectivity index (χ1n) is 6.63. The molecule has 0 atom stereocenters. The van der Waals surface area contributed by atoms with E-state index in [4.69, 9.17) is 15.9 Å². The summed E-state index contributed by atoms with van der Waals surface area (Å²) in [6.07, 6.45) is 2.47. The molecule has 1 aromatic rings. The number of hydrogen-bond donors (Lipinski definition) is 3. The molecule has 0 spiro atoms. The number of carboxylic acid groups (broad SMARTS) is 1. The number of nitrogens with zero attached hydrogens (tertiary/aromatic N) is 1. The Morgan fingerprint density at radius 1 is 1.38 bits per heavy atom. The Labute approximate surface area is 123 Å². The van der Waals surface area contributed by atoms with Gasteiger partial charge in [0, 0.05) is 12.6 Å². The molecule has 8 heteroatoms. The van der Waals surface area contributed by atoms with E-state index >= 15 is 0 Å². The lowest BCUT2D eigenvalue weighted by molar-refractivity contribution is 0.0697. The van der Waals surface area contributed by atoms with Crippen molar-refractivity contribution in [1.29, 1.82) is 0 Å². The fraction of sp³-hybridized carbons (Fsp3) is 0.462. The number of hydrogen-bond acceptors (Lipinski definition) is 5. The van der Waals surface area contributed by atoms with Crippen molar-refractivity contribution in [3.8, 4) is 0 Å². The molecule has 1 aliphatic rings. The predicted molar refractivity (Wildman–Crippen MR) is 76.4 cm³/mol. The molecule has 0 aromatic heterocycles. The van der Waals surface area contributed by atoms with Crippen LogP contribution < -0.4 is 5.73 Å². The van der Waals surface area contributed by atoms with E-state index in [2.05, 4.69) is 0 Å². The van der Waals surface area contributed by atoms with Gasteiger partial charge in [0.2, 0.25) is 10.0 Å². The van der Waals surface area contributed by atoms with Crippen LogP contribution in [-0.4, -0.2) is 48.1 Å². The highest BCUT2D eigenvalue weighted by atomic mass is 32.2. The summed E-state index contributed by atoms with van der Waals surface area (Å²) in [4.78, 5) is 10.7. The summed E-state index contributed by atoms with van der Waals surface area (Å²) in [5.41, 5.74) is 5.54. The van der Waals surface area contributed by atoms with Gasteiger partial charge in [-0.2, -0.15) is 4.31 Å². The fourth-order valence-electron chi connectivity index (χ4n) is 2.31. The second kappa shape index (κ2) is 6.00. The molecule has 0 radical (unpaired) electrons. The molecule has 1 aromatic carbocycles. The monoisotopic (exact) mass is 314 g/mol. The van der Waals surface area contributed by atoms with E-state index in [1.807, 2.05) is 0 Å². The Balaban J connectivity index is 2.39. The summed E-state index contributed by atoms with van der Waals surface area (Å²) >= 11 is 0. The van der Waals surface area contributed by atoms with Crippen LogP contribution >= 0.6 is 0 Å². The van der Waals surface area contributed by atoms with Crippen LogP contribution in [0.2, 0.25) is 0 Å². The van der Waals surface area contributed by atoms with Crippen LogP contribution in [0, 0.1) is 0 Å². The number of aliphatic hydroxyl groups excluding tert-OH is 1. The molecule has 2 rings (SSSR count). The number of aliphatic hydroxyl groups is 1. The van der Waals surface area contributed by atoms with E-state index < -0.39 is 16.0 Å². The number of sulfonamides is 1. The smallest absolute Gasteiger partial charge is 0.335 e. The van der Waals surface area contributed by atoms with Crippen molar-refractivity contribution in [1.82, 2.24) is 4.31 Å². The maximum absolute atomic E-state index is 12.6. The van der Waals surface area contributed by atoms with Gasteiger partial charge in [0.05, 0.1) is 17.9 Å². The Bertz CT molecular complexity index is 640. The molecule has 1 saturated carbocycles. The van der Waals surface area contributed by atoms with Crippen molar-refractivity contribution in [2.75, 3.05) is 18.9 Å². The van der Waals surface area contributed by atoms with Crippen molar-refractivity contribution in [3.63, 3.8) is 0 Å². The zero-order chi connectivity index (χ0) is 15.6. The molecule has 116 valence electrons. The molecule has 0 saturated heterocycles. The van der Waals surface area contributed by atoms with Crippen molar-refractivity contribution in [2.24, 2.45) is 0 Å². The molecule has 0 aliphatic heterocycles. The lowest BCUT2D eigenvalue weighted by Gasteiger charge is -2.36. The lowest BCUT2D eigenvalue weighted by Crippen LogP contribution is -2.45. The molecule has 1 aliphatic carbocycles. The minimum Gasteiger partial charge on any atom is -0.478 e. The Hall–Kier alpha value is -1.64. The minimum absolute atomic E-state index is 0.00707. The number of carboxylic acids is 1. The molecular weight excluding hydrogens is 296 g/mol. The van der Waals surface area contributed by atoms with Crippen LogP contribution in [0.3, 0.4) is 0 Å². The van der Waals surface area contributed by atoms with Crippen LogP contribution in [0.5, 0.6) is 0 Å². The highest BCUT2D eigenvalue weighted by Crippen LogP contribution is 2.31. The molecule has 0 bridgehead atoms. The fourth-order valence-corrected chi connectivity index (χ4v) is 4.09. The van der Waals surface area contributed by atoms with Gasteiger partial charge in [-0.15, -0.1) is 0 Å². The number of carbonyl (C=O) groups is 1. The largest absolute Gasteiger partial charge is 0.478 e. The SMILES string of the molecule is Nc1cc(C(=O)O)ccc1S(=O)(=O)N(CCO)C1CCC1. The van der Waals surface area contributed by atoms with E-state index in [-0.39, 0.29) is 35.3 Å². The van der Waals surface area contributed by atoms with Crippen molar-refractivity contribution >= 4 is 21.7 Å². The molecule has 1 fully saturated rings. The normalized spacial score (nSPS) is 15.9. The number of anilines is 1. The number of nitrogens with two attached hydrogens (primary N) is 1. The maximum Gasteiger partial charge on any atom is 0.335 e. The molecule has 0 heterocycles. The van der Waals surface area contributed by atoms with Crippen molar-refractivity contribution < 1.29 is 23.4 Å². The van der Waals surface area contributed by atoms with Crippen LogP contribution in [0.1, 0.15) is 29.6 Å². The quantitative estimate of drug-likeness (QED) is 0.658. The molecule has 0 unspecified atom stereocenters. The molecule has 4 N–H and O–H groups in total. The van der Waals surface area contributed by atoms with Gasteiger partial charge >= 0.3 is 5.97 Å². The third-order valence-electron chi connectivity index (χ3n) is 3.65. The Morgan fingerprint density at radius 2 is 2.05 bits per heavy atom. The number of aromatic carboxylic acids is 1. The van der Waals surface area contributed by atoms with Crippen LogP contribution in [-0.2, 0) is 10.0 Å². The molecule has 21 heavy (non-hydrogen) atoms. The van der Waals surface area contributed by atoms with E-state index in [1.165, 1.54) is 16.4 Å². The van der Waals surface area contributed by atoms with Crippen molar-refractivity contribution in [3.05, 3.63) is 23.8 Å². The van der Waals surface area contributed by atoms with Gasteiger partial charge in [0.15, 0.2) is 0 Å². The number of rotatable bonds is 6. The van der Waals surface area contributed by atoms with Gasteiger partial charge < -0.3 is 15.9 Å². The number of benzene rings is 1. The Kier molecular flexibility index (Phi) is 4.50. The van der Waals surface area contributed by atoms with Crippen LogP contribution in [0.15, 0.2) is 23.1 Å². The van der Waals surface area contributed by atoms with Crippen LogP contribution in [0.25, 0.3) is 0 Å².